The highest BCUT2D eigenvalue weighted by Gasteiger charge is 2.15. The average molecular weight is 212 g/mol. The first-order valence-corrected chi connectivity index (χ1v) is 5.41. The molecule has 0 amide bonds. The second kappa shape index (κ2) is 5.65. The van der Waals surface area contributed by atoms with Gasteiger partial charge < -0.3 is 4.74 Å². The normalized spacial score (nSPS) is 14.8. The zero-order valence-electron chi connectivity index (χ0n) is 7.99. The first-order valence-electron chi connectivity index (χ1n) is 4.42. The maximum Gasteiger partial charge on any atom is 0.313 e. The van der Waals surface area contributed by atoms with Gasteiger partial charge in [-0.15, -0.1) is 11.8 Å². The zero-order valence-corrected chi connectivity index (χ0v) is 8.80. The number of carbonyl (C=O) groups excluding carboxylic acids is 2. The topological polar surface area (TPSA) is 43.4 Å². The molecule has 0 saturated heterocycles. The monoisotopic (exact) mass is 212 g/mol. The SMILES string of the molecule is CCOC(=O)CC(=O)C1=CC=CCS1. The molecule has 1 heterocycles. The van der Waals surface area contributed by atoms with E-state index >= 15 is 0 Å². The minimum absolute atomic E-state index is 0.152. The van der Waals surface area contributed by atoms with Crippen LogP contribution >= 0.6 is 11.8 Å². The van der Waals surface area contributed by atoms with Gasteiger partial charge >= 0.3 is 5.97 Å². The Kier molecular flexibility index (Phi) is 4.46. The van der Waals surface area contributed by atoms with Crippen molar-refractivity contribution in [2.45, 2.75) is 13.3 Å². The average Bonchev–Trinajstić information content (AvgIpc) is 2.19. The van der Waals surface area contributed by atoms with Gasteiger partial charge in [-0.1, -0.05) is 12.2 Å². The van der Waals surface area contributed by atoms with Crippen molar-refractivity contribution in [2.75, 3.05) is 12.4 Å². The van der Waals surface area contributed by atoms with Gasteiger partial charge in [0.2, 0.25) is 0 Å². The van der Waals surface area contributed by atoms with Crippen molar-refractivity contribution in [1.29, 1.82) is 0 Å². The van der Waals surface area contributed by atoms with Crippen molar-refractivity contribution in [1.82, 2.24) is 0 Å². The van der Waals surface area contributed by atoms with Gasteiger partial charge in [-0.05, 0) is 13.0 Å². The molecule has 0 spiro atoms. The molecule has 0 N–H and O–H groups in total. The molecule has 0 bridgehead atoms. The summed E-state index contributed by atoms with van der Waals surface area (Å²) in [6.07, 6.45) is 5.37. The van der Waals surface area contributed by atoms with Crippen LogP contribution in [0.4, 0.5) is 0 Å². The fourth-order valence-corrected chi connectivity index (χ4v) is 1.80. The number of Topliss-reactive ketones (excluding diaryl/α,β-unsaturated/α-hetero) is 1. The fraction of sp³-hybridized carbons (Fsp3) is 0.400. The fourth-order valence-electron chi connectivity index (χ4n) is 1.00. The van der Waals surface area contributed by atoms with Crippen molar-refractivity contribution >= 4 is 23.5 Å². The van der Waals surface area contributed by atoms with Crippen molar-refractivity contribution in [3.8, 4) is 0 Å². The van der Waals surface area contributed by atoms with Crippen LogP contribution in [-0.2, 0) is 14.3 Å². The van der Waals surface area contributed by atoms with Gasteiger partial charge in [0, 0.05) is 5.75 Å². The Morgan fingerprint density at radius 2 is 2.36 bits per heavy atom. The number of hydrogen-bond donors (Lipinski definition) is 0. The maximum absolute atomic E-state index is 11.5. The highest BCUT2D eigenvalue weighted by atomic mass is 32.2. The summed E-state index contributed by atoms with van der Waals surface area (Å²) < 4.78 is 4.69. The molecule has 4 heteroatoms. The number of esters is 1. The molecule has 76 valence electrons. The number of carbonyl (C=O) groups is 2. The number of ketones is 1. The Labute approximate surface area is 87.2 Å². The molecule has 0 aliphatic carbocycles. The Bertz CT molecular complexity index is 292. The molecule has 14 heavy (non-hydrogen) atoms. The smallest absolute Gasteiger partial charge is 0.313 e. The van der Waals surface area contributed by atoms with Gasteiger partial charge in [-0.25, -0.2) is 0 Å². The van der Waals surface area contributed by atoms with E-state index in [1.54, 1.807) is 13.0 Å². The highest BCUT2D eigenvalue weighted by Crippen LogP contribution is 2.21. The van der Waals surface area contributed by atoms with Crippen molar-refractivity contribution in [3.63, 3.8) is 0 Å². The number of rotatable bonds is 4. The van der Waals surface area contributed by atoms with Gasteiger partial charge in [0.15, 0.2) is 5.78 Å². The predicted octanol–water partition coefficient (Wildman–Crippen LogP) is 1.70. The van der Waals surface area contributed by atoms with Crippen LogP contribution in [0.1, 0.15) is 13.3 Å². The molecule has 1 rings (SSSR count). The van der Waals surface area contributed by atoms with Crippen molar-refractivity contribution in [3.05, 3.63) is 23.1 Å². The second-order valence-electron chi connectivity index (χ2n) is 2.68. The van der Waals surface area contributed by atoms with E-state index in [4.69, 9.17) is 0 Å². The van der Waals surface area contributed by atoms with Crippen molar-refractivity contribution < 1.29 is 14.3 Å². The third-order valence-electron chi connectivity index (χ3n) is 1.60. The second-order valence-corrected chi connectivity index (χ2v) is 3.74. The van der Waals surface area contributed by atoms with Crippen LogP contribution in [-0.4, -0.2) is 24.1 Å². The summed E-state index contributed by atoms with van der Waals surface area (Å²) in [5, 5.41) is 0. The number of hydrogen-bond acceptors (Lipinski definition) is 4. The van der Waals surface area contributed by atoms with E-state index in [9.17, 15) is 9.59 Å². The molecule has 0 aromatic heterocycles. The summed E-state index contributed by atoms with van der Waals surface area (Å²) in [5.41, 5.74) is 0. The molecular formula is C10H12O3S. The first kappa shape index (κ1) is 11.0. The van der Waals surface area contributed by atoms with Gasteiger partial charge in [-0.2, -0.15) is 0 Å². The minimum atomic E-state index is -0.450. The predicted molar refractivity (Wildman–Crippen MR) is 55.9 cm³/mol. The van der Waals surface area contributed by atoms with E-state index < -0.39 is 5.97 Å². The Balaban J connectivity index is 2.45. The van der Waals surface area contributed by atoms with Crippen LogP contribution in [0.5, 0.6) is 0 Å². The van der Waals surface area contributed by atoms with Crippen LogP contribution in [0, 0.1) is 0 Å². The van der Waals surface area contributed by atoms with E-state index in [1.165, 1.54) is 11.8 Å². The standard InChI is InChI=1S/C10H12O3S/c1-2-13-10(12)7-8(11)9-5-3-4-6-14-9/h3-5H,2,6-7H2,1H3. The minimum Gasteiger partial charge on any atom is -0.466 e. The first-order chi connectivity index (χ1) is 6.74. The van der Waals surface area contributed by atoms with Crippen LogP contribution in [0.3, 0.4) is 0 Å². The molecule has 1 aliphatic rings. The Morgan fingerprint density at radius 1 is 1.57 bits per heavy atom. The molecule has 1 aliphatic heterocycles. The molecule has 0 saturated carbocycles. The van der Waals surface area contributed by atoms with Crippen LogP contribution < -0.4 is 0 Å². The van der Waals surface area contributed by atoms with E-state index in [0.29, 0.717) is 11.5 Å². The lowest BCUT2D eigenvalue weighted by Gasteiger charge is -2.06. The largest absolute Gasteiger partial charge is 0.466 e. The molecular weight excluding hydrogens is 200 g/mol. The maximum atomic E-state index is 11.5. The lowest BCUT2D eigenvalue weighted by molar-refractivity contribution is -0.144. The molecule has 3 nitrogen and oxygen atoms in total. The molecule has 0 atom stereocenters. The van der Waals surface area contributed by atoms with E-state index in [0.717, 1.165) is 5.75 Å². The quantitative estimate of drug-likeness (QED) is 0.525. The highest BCUT2D eigenvalue weighted by molar-refractivity contribution is 8.04. The van der Waals surface area contributed by atoms with E-state index in [-0.39, 0.29) is 12.2 Å². The molecule has 0 aromatic carbocycles. The summed E-state index contributed by atoms with van der Waals surface area (Å²) in [7, 11) is 0. The Hall–Kier alpha value is -1.03. The zero-order chi connectivity index (χ0) is 10.4. The molecule has 0 unspecified atom stereocenters. The number of thioether (sulfide) groups is 1. The van der Waals surface area contributed by atoms with E-state index in [2.05, 4.69) is 4.74 Å². The lowest BCUT2D eigenvalue weighted by Crippen LogP contribution is -2.12. The molecule has 0 aromatic rings. The van der Waals surface area contributed by atoms with Gasteiger partial charge in [-0.3, -0.25) is 9.59 Å². The van der Waals surface area contributed by atoms with Gasteiger partial charge in [0.25, 0.3) is 0 Å². The Morgan fingerprint density at radius 3 is 2.93 bits per heavy atom. The lowest BCUT2D eigenvalue weighted by atomic mass is 10.2. The summed E-state index contributed by atoms with van der Waals surface area (Å²) in [6, 6.07) is 0. The number of ether oxygens (including phenoxy) is 1. The third-order valence-corrected chi connectivity index (χ3v) is 2.64. The summed E-state index contributed by atoms with van der Waals surface area (Å²) in [4.78, 5) is 23.1. The van der Waals surface area contributed by atoms with Crippen LogP contribution in [0.15, 0.2) is 23.1 Å². The summed E-state index contributed by atoms with van der Waals surface area (Å²) in [5.74, 6) is 0.187. The molecule has 0 radical (unpaired) electrons. The van der Waals surface area contributed by atoms with Gasteiger partial charge in [0.1, 0.15) is 6.42 Å². The van der Waals surface area contributed by atoms with Crippen molar-refractivity contribution in [2.24, 2.45) is 0 Å². The third kappa shape index (κ3) is 3.38. The number of allylic oxidation sites excluding steroid dienone is 3. The summed E-state index contributed by atoms with van der Waals surface area (Å²) >= 11 is 1.45. The van der Waals surface area contributed by atoms with Crippen LogP contribution in [0.2, 0.25) is 0 Å². The van der Waals surface area contributed by atoms with Crippen LogP contribution in [0.25, 0.3) is 0 Å². The summed E-state index contributed by atoms with van der Waals surface area (Å²) in [6.45, 7) is 2.04. The van der Waals surface area contributed by atoms with E-state index in [1.807, 2.05) is 12.2 Å². The van der Waals surface area contributed by atoms with Gasteiger partial charge in [0.05, 0.1) is 11.5 Å². The molecule has 0 fully saturated rings.